The fraction of sp³-hybridized carbons (Fsp3) is 0.579. The number of fused-ring (bicyclic) bond motifs is 1. The van der Waals surface area contributed by atoms with Crippen molar-refractivity contribution in [3.05, 3.63) is 41.7 Å². The summed E-state index contributed by atoms with van der Waals surface area (Å²) in [4.78, 5) is 14.4. The molecule has 0 radical (unpaired) electrons. The molecule has 6 heteroatoms. The first-order chi connectivity index (χ1) is 12.1. The van der Waals surface area contributed by atoms with Crippen molar-refractivity contribution in [1.82, 2.24) is 19.9 Å². The Hall–Kier alpha value is -1.92. The normalized spacial score (nSPS) is 29.6. The number of nitrogens with one attached hydrogen (secondary N) is 1. The second-order valence-electron chi connectivity index (χ2n) is 7.48. The molecular formula is C19H26N4O2. The molecule has 2 fully saturated rings. The summed E-state index contributed by atoms with van der Waals surface area (Å²) in [6.45, 7) is 6.86. The largest absolute Gasteiger partial charge is 0.486 e. The maximum atomic E-state index is 10.6. The van der Waals surface area contributed by atoms with Crippen LogP contribution >= 0.6 is 0 Å². The summed E-state index contributed by atoms with van der Waals surface area (Å²) in [6.07, 6.45) is 4.81. The lowest BCUT2D eigenvalue weighted by atomic mass is 9.78. The van der Waals surface area contributed by atoms with E-state index in [2.05, 4.69) is 19.9 Å². The number of rotatable bonds is 4. The molecule has 0 aromatic carbocycles. The highest BCUT2D eigenvalue weighted by molar-refractivity contribution is 5.28. The van der Waals surface area contributed by atoms with Crippen LogP contribution in [0.5, 0.6) is 5.75 Å². The van der Waals surface area contributed by atoms with E-state index in [1.165, 1.54) is 0 Å². The molecule has 2 aromatic rings. The number of aryl methyl sites for hydroxylation is 2. The summed E-state index contributed by atoms with van der Waals surface area (Å²) >= 11 is 0. The number of aliphatic hydroxyl groups excluding tert-OH is 1. The monoisotopic (exact) mass is 342 g/mol. The highest BCUT2D eigenvalue weighted by atomic mass is 16.5. The molecule has 3 heterocycles. The quantitative estimate of drug-likeness (QED) is 0.890. The van der Waals surface area contributed by atoms with Crippen LogP contribution in [0.15, 0.2) is 24.5 Å². The van der Waals surface area contributed by atoms with Crippen LogP contribution in [0.4, 0.5) is 0 Å². The van der Waals surface area contributed by atoms with E-state index in [1.807, 2.05) is 32.2 Å². The molecule has 1 saturated heterocycles. The van der Waals surface area contributed by atoms with Crippen LogP contribution in [-0.4, -0.2) is 50.3 Å². The molecule has 0 bridgehead atoms. The number of ether oxygens (including phenoxy) is 1. The second kappa shape index (κ2) is 6.77. The molecule has 134 valence electrons. The van der Waals surface area contributed by atoms with Gasteiger partial charge in [-0.2, -0.15) is 0 Å². The van der Waals surface area contributed by atoms with E-state index in [-0.39, 0.29) is 6.10 Å². The van der Waals surface area contributed by atoms with E-state index in [0.717, 1.165) is 55.4 Å². The average molecular weight is 342 g/mol. The summed E-state index contributed by atoms with van der Waals surface area (Å²) in [5, 5.41) is 10.6. The zero-order valence-electron chi connectivity index (χ0n) is 14.9. The van der Waals surface area contributed by atoms with Gasteiger partial charge in [-0.25, -0.2) is 4.98 Å². The number of hydrogen-bond acceptors (Lipinski definition) is 5. The Bertz CT molecular complexity index is 718. The molecule has 2 aromatic heterocycles. The third-order valence-corrected chi connectivity index (χ3v) is 5.54. The molecule has 0 spiro atoms. The summed E-state index contributed by atoms with van der Waals surface area (Å²) < 4.78 is 6.15. The minimum atomic E-state index is -0.412. The molecule has 1 aliphatic carbocycles. The number of hydrogen-bond donors (Lipinski definition) is 2. The van der Waals surface area contributed by atoms with E-state index in [0.29, 0.717) is 11.8 Å². The van der Waals surface area contributed by atoms with Gasteiger partial charge in [0.25, 0.3) is 0 Å². The van der Waals surface area contributed by atoms with Crippen LogP contribution in [0, 0.1) is 25.7 Å². The first kappa shape index (κ1) is 16.5. The Morgan fingerprint density at radius 3 is 2.76 bits per heavy atom. The predicted octanol–water partition coefficient (Wildman–Crippen LogP) is 2.07. The molecule has 2 N–H and O–H groups in total. The van der Waals surface area contributed by atoms with E-state index < -0.39 is 6.10 Å². The number of H-pyrrole nitrogens is 1. The fourth-order valence-electron chi connectivity index (χ4n) is 4.30. The molecule has 25 heavy (non-hydrogen) atoms. The van der Waals surface area contributed by atoms with Crippen molar-refractivity contribution in [2.24, 2.45) is 11.8 Å². The van der Waals surface area contributed by atoms with Gasteiger partial charge in [-0.05, 0) is 50.7 Å². The van der Waals surface area contributed by atoms with Gasteiger partial charge in [0.05, 0.1) is 18.3 Å². The Morgan fingerprint density at radius 2 is 2.04 bits per heavy atom. The van der Waals surface area contributed by atoms with E-state index in [9.17, 15) is 5.11 Å². The highest BCUT2D eigenvalue weighted by Crippen LogP contribution is 2.38. The van der Waals surface area contributed by atoms with Gasteiger partial charge in [-0.15, -0.1) is 0 Å². The molecule has 4 rings (SSSR count). The average Bonchev–Trinajstić information content (AvgIpc) is 3.20. The number of nitrogens with zero attached hydrogens (tertiary/aromatic N) is 3. The van der Waals surface area contributed by atoms with E-state index in [4.69, 9.17) is 4.74 Å². The number of imidazole rings is 1. The summed E-state index contributed by atoms with van der Waals surface area (Å²) in [5.74, 6) is 2.91. The van der Waals surface area contributed by atoms with Gasteiger partial charge >= 0.3 is 0 Å². The molecule has 0 unspecified atom stereocenters. The van der Waals surface area contributed by atoms with Gasteiger partial charge in [0.1, 0.15) is 17.7 Å². The van der Waals surface area contributed by atoms with Crippen LogP contribution in [0.1, 0.15) is 30.1 Å². The number of pyridine rings is 1. The Labute approximate surface area is 148 Å². The number of aromatic nitrogens is 3. The molecule has 1 saturated carbocycles. The summed E-state index contributed by atoms with van der Waals surface area (Å²) in [7, 11) is 0. The topological polar surface area (TPSA) is 74.3 Å². The van der Waals surface area contributed by atoms with Crippen molar-refractivity contribution in [2.75, 3.05) is 13.1 Å². The maximum Gasteiger partial charge on any atom is 0.141 e. The molecule has 0 amide bonds. The summed E-state index contributed by atoms with van der Waals surface area (Å²) in [6, 6.07) is 3.93. The van der Waals surface area contributed by atoms with Crippen molar-refractivity contribution in [2.45, 2.75) is 45.4 Å². The number of likely N-dealkylation sites (tertiary alicyclic amines) is 1. The first-order valence-electron chi connectivity index (χ1n) is 9.08. The van der Waals surface area contributed by atoms with Crippen molar-refractivity contribution < 1.29 is 9.84 Å². The third-order valence-electron chi connectivity index (χ3n) is 5.54. The Morgan fingerprint density at radius 1 is 1.24 bits per heavy atom. The minimum Gasteiger partial charge on any atom is -0.486 e. The number of aliphatic hydroxyl groups is 1. The molecule has 1 aliphatic heterocycles. The van der Waals surface area contributed by atoms with Gasteiger partial charge in [-0.3, -0.25) is 9.88 Å². The standard InChI is InChI=1S/C19H26N4O2/c1-12-3-4-17(13(2)22-12)25-18-8-15-10-23(9-14(15)7-16(18)24)11-19-20-5-6-21-19/h3-6,14-16,18,24H,7-11H2,1-2H3,(H,20,21)/t14-,15+,16+,18+/m0/s1. The molecular weight excluding hydrogens is 316 g/mol. The molecule has 4 atom stereocenters. The van der Waals surface area contributed by atoms with Gasteiger partial charge in [0.15, 0.2) is 0 Å². The lowest BCUT2D eigenvalue weighted by Crippen LogP contribution is -2.42. The van der Waals surface area contributed by atoms with Crippen LogP contribution in [0.2, 0.25) is 0 Å². The fourth-order valence-corrected chi connectivity index (χ4v) is 4.30. The highest BCUT2D eigenvalue weighted by Gasteiger charge is 2.42. The Balaban J connectivity index is 1.40. The Kier molecular flexibility index (Phi) is 4.48. The van der Waals surface area contributed by atoms with Gasteiger partial charge < -0.3 is 14.8 Å². The minimum absolute atomic E-state index is 0.145. The first-order valence-corrected chi connectivity index (χ1v) is 9.08. The van der Waals surface area contributed by atoms with E-state index >= 15 is 0 Å². The van der Waals surface area contributed by atoms with Gasteiger partial charge in [-0.1, -0.05) is 0 Å². The smallest absolute Gasteiger partial charge is 0.141 e. The van der Waals surface area contributed by atoms with Crippen molar-refractivity contribution in [3.8, 4) is 5.75 Å². The van der Waals surface area contributed by atoms with Gasteiger partial charge in [0, 0.05) is 31.2 Å². The lowest BCUT2D eigenvalue weighted by molar-refractivity contribution is -0.0236. The molecule has 6 nitrogen and oxygen atoms in total. The SMILES string of the molecule is Cc1ccc(O[C@@H]2C[C@@H]3CN(Cc4ncc[nH]4)C[C@@H]3C[C@H]2O)c(C)n1. The van der Waals surface area contributed by atoms with Gasteiger partial charge in [0.2, 0.25) is 0 Å². The van der Waals surface area contributed by atoms with Crippen LogP contribution in [0.3, 0.4) is 0 Å². The second-order valence-corrected chi connectivity index (χ2v) is 7.48. The lowest BCUT2D eigenvalue weighted by Gasteiger charge is -2.35. The van der Waals surface area contributed by atoms with Crippen LogP contribution in [0.25, 0.3) is 0 Å². The maximum absolute atomic E-state index is 10.6. The predicted molar refractivity (Wildman–Crippen MR) is 94.2 cm³/mol. The van der Waals surface area contributed by atoms with Crippen LogP contribution < -0.4 is 4.74 Å². The third kappa shape index (κ3) is 3.55. The van der Waals surface area contributed by atoms with Crippen LogP contribution in [-0.2, 0) is 6.54 Å². The van der Waals surface area contributed by atoms with Crippen molar-refractivity contribution >= 4 is 0 Å². The molecule has 2 aliphatic rings. The van der Waals surface area contributed by atoms with Crippen molar-refractivity contribution in [1.29, 1.82) is 0 Å². The summed E-state index contributed by atoms with van der Waals surface area (Å²) in [5.41, 5.74) is 1.87. The van der Waals surface area contributed by atoms with E-state index in [1.54, 1.807) is 6.20 Å². The zero-order chi connectivity index (χ0) is 17.4. The van der Waals surface area contributed by atoms with Crippen molar-refractivity contribution in [3.63, 3.8) is 0 Å². The number of aromatic amines is 1. The zero-order valence-corrected chi connectivity index (χ0v) is 14.9.